The molecule has 0 fully saturated rings. The van der Waals surface area contributed by atoms with E-state index in [0.717, 1.165) is 0 Å². The molecule has 2 aliphatic rings. The third-order valence-electron chi connectivity index (χ3n) is 5.88. The molecule has 2 atom stereocenters. The van der Waals surface area contributed by atoms with E-state index in [1.165, 1.54) is 0 Å². The van der Waals surface area contributed by atoms with Crippen LogP contribution in [0.2, 0.25) is 5.02 Å². The monoisotopic (exact) mass is 449 g/mol. The maximum atomic E-state index is 13.6. The predicted molar refractivity (Wildman–Crippen MR) is 120 cm³/mol. The minimum absolute atomic E-state index is 0.0957. The average molecular weight is 450 g/mol. The van der Waals surface area contributed by atoms with E-state index < -0.39 is 17.9 Å². The zero-order valence-electron chi connectivity index (χ0n) is 17.0. The number of fused-ring (bicyclic) bond motifs is 2. The Labute approximate surface area is 189 Å². The lowest BCUT2D eigenvalue weighted by Crippen LogP contribution is -2.39. The molecule has 162 valence electrons. The van der Waals surface area contributed by atoms with Crippen molar-refractivity contribution in [2.45, 2.75) is 18.4 Å². The summed E-state index contributed by atoms with van der Waals surface area (Å²) in [5.41, 5.74) is 2.58. The van der Waals surface area contributed by atoms with Gasteiger partial charge in [0.15, 0.2) is 11.5 Å². The number of carboxylic acids is 1. The lowest BCUT2D eigenvalue weighted by molar-refractivity contribution is -0.139. The van der Waals surface area contributed by atoms with E-state index in [1.807, 2.05) is 12.1 Å². The number of carbonyl (C=O) groups excluding carboxylic acids is 1. The van der Waals surface area contributed by atoms with Gasteiger partial charge in [0.25, 0.3) is 0 Å². The minimum atomic E-state index is -1.00. The van der Waals surface area contributed by atoms with Gasteiger partial charge in [0.1, 0.15) is 19.1 Å². The largest absolute Gasteiger partial charge is 0.486 e. The van der Waals surface area contributed by atoms with Crippen molar-refractivity contribution in [3.63, 3.8) is 0 Å². The first kappa shape index (κ1) is 20.4. The van der Waals surface area contributed by atoms with Gasteiger partial charge in [-0.1, -0.05) is 48.0 Å². The number of halogens is 1. The molecule has 0 radical (unpaired) electrons. The summed E-state index contributed by atoms with van der Waals surface area (Å²) in [5.74, 6) is -1.03. The molecule has 0 bridgehead atoms. The highest BCUT2D eigenvalue weighted by molar-refractivity contribution is 6.30. The Morgan fingerprint density at radius 1 is 0.969 bits per heavy atom. The summed E-state index contributed by atoms with van der Waals surface area (Å²) in [6.45, 7) is 0.868. The van der Waals surface area contributed by atoms with Crippen LogP contribution in [0.15, 0.2) is 66.7 Å². The zero-order chi connectivity index (χ0) is 22.2. The van der Waals surface area contributed by atoms with Gasteiger partial charge in [-0.25, -0.2) is 0 Å². The van der Waals surface area contributed by atoms with Crippen molar-refractivity contribution >= 4 is 29.2 Å². The molecule has 0 saturated carbocycles. The number of hydrogen-bond acceptors (Lipinski definition) is 4. The molecular formula is C25H20ClNO5. The number of anilines is 1. The first-order valence-electron chi connectivity index (χ1n) is 10.3. The topological polar surface area (TPSA) is 76.1 Å². The first-order valence-corrected chi connectivity index (χ1v) is 10.7. The molecule has 1 amide bonds. The fourth-order valence-corrected chi connectivity index (χ4v) is 4.60. The van der Waals surface area contributed by atoms with Crippen LogP contribution in [0.5, 0.6) is 11.5 Å². The van der Waals surface area contributed by atoms with E-state index in [2.05, 4.69) is 0 Å². The van der Waals surface area contributed by atoms with Gasteiger partial charge in [-0.15, -0.1) is 0 Å². The van der Waals surface area contributed by atoms with Crippen LogP contribution in [0.4, 0.5) is 5.69 Å². The van der Waals surface area contributed by atoms with Gasteiger partial charge in [-0.2, -0.15) is 0 Å². The highest BCUT2D eigenvalue weighted by Gasteiger charge is 2.42. The molecule has 0 spiro atoms. The van der Waals surface area contributed by atoms with Crippen molar-refractivity contribution in [2.24, 2.45) is 0 Å². The Morgan fingerprint density at radius 3 is 2.44 bits per heavy atom. The lowest BCUT2D eigenvalue weighted by Gasteiger charge is -2.35. The molecule has 1 N–H and O–H groups in total. The number of carbonyl (C=O) groups is 2. The van der Waals surface area contributed by atoms with Gasteiger partial charge < -0.3 is 19.5 Å². The van der Waals surface area contributed by atoms with Crippen LogP contribution < -0.4 is 14.4 Å². The predicted octanol–water partition coefficient (Wildman–Crippen LogP) is 4.61. The third-order valence-corrected chi connectivity index (χ3v) is 6.13. The Balaban J connectivity index is 1.72. The number of rotatable bonds is 3. The van der Waals surface area contributed by atoms with E-state index in [0.29, 0.717) is 52.1 Å². The van der Waals surface area contributed by atoms with E-state index in [-0.39, 0.29) is 12.3 Å². The number of ether oxygens (including phenoxy) is 2. The van der Waals surface area contributed by atoms with Gasteiger partial charge in [0.05, 0.1) is 12.5 Å². The highest BCUT2D eigenvalue weighted by atomic mass is 35.5. The van der Waals surface area contributed by atoms with Crippen LogP contribution in [0.3, 0.4) is 0 Å². The van der Waals surface area contributed by atoms with Crippen molar-refractivity contribution < 1.29 is 24.2 Å². The molecular weight excluding hydrogens is 430 g/mol. The summed E-state index contributed by atoms with van der Waals surface area (Å²) in [6, 6.07) is 18.7. The Bertz CT molecular complexity index is 1190. The number of benzene rings is 3. The van der Waals surface area contributed by atoms with Crippen molar-refractivity contribution in [1.29, 1.82) is 0 Å². The molecule has 3 aromatic rings. The van der Waals surface area contributed by atoms with Crippen molar-refractivity contribution in [3.05, 3.63) is 88.4 Å². The van der Waals surface area contributed by atoms with Crippen molar-refractivity contribution in [2.75, 3.05) is 18.1 Å². The molecule has 7 heteroatoms. The molecule has 2 heterocycles. The number of carboxylic acid groups (broad SMARTS) is 1. The van der Waals surface area contributed by atoms with Gasteiger partial charge in [0.2, 0.25) is 5.91 Å². The second-order valence-electron chi connectivity index (χ2n) is 7.78. The van der Waals surface area contributed by atoms with Gasteiger partial charge in [-0.05, 0) is 41.0 Å². The number of amides is 1. The summed E-state index contributed by atoms with van der Waals surface area (Å²) in [7, 11) is 0. The smallest absolute Gasteiger partial charge is 0.313 e. The summed E-state index contributed by atoms with van der Waals surface area (Å²) in [4.78, 5) is 27.8. The molecule has 0 aliphatic carbocycles. The van der Waals surface area contributed by atoms with E-state index in [9.17, 15) is 14.7 Å². The maximum Gasteiger partial charge on any atom is 0.313 e. The molecule has 2 aliphatic heterocycles. The highest BCUT2D eigenvalue weighted by Crippen LogP contribution is 2.45. The molecule has 0 aromatic heterocycles. The number of hydrogen-bond donors (Lipinski definition) is 1. The standard InChI is InChI=1S/C25H20ClNO5/c26-17-7-5-15(6-8-17)24-23(25(29)30)19-4-2-1-3-16(19)13-22(28)27(24)18-9-10-20-21(14-18)32-12-11-31-20/h1-10,14,23-24H,11-13H2,(H,29,30)/t23-,24+/m0/s1. The maximum absolute atomic E-state index is 13.6. The lowest BCUT2D eigenvalue weighted by atomic mass is 9.84. The fourth-order valence-electron chi connectivity index (χ4n) is 4.48. The summed E-state index contributed by atoms with van der Waals surface area (Å²) < 4.78 is 11.3. The van der Waals surface area contributed by atoms with Crippen LogP contribution in [-0.4, -0.2) is 30.2 Å². The molecule has 5 rings (SSSR count). The second kappa shape index (κ2) is 8.20. The molecule has 32 heavy (non-hydrogen) atoms. The van der Waals surface area contributed by atoms with Crippen LogP contribution >= 0.6 is 11.6 Å². The minimum Gasteiger partial charge on any atom is -0.486 e. The van der Waals surface area contributed by atoms with Crippen molar-refractivity contribution in [1.82, 2.24) is 0 Å². The van der Waals surface area contributed by atoms with Gasteiger partial charge >= 0.3 is 5.97 Å². The van der Waals surface area contributed by atoms with Crippen LogP contribution in [0.25, 0.3) is 0 Å². The summed E-state index contributed by atoms with van der Waals surface area (Å²) in [5, 5.41) is 10.9. The first-order chi connectivity index (χ1) is 15.5. The molecule has 0 unspecified atom stereocenters. The molecule has 3 aromatic carbocycles. The van der Waals surface area contributed by atoms with Gasteiger partial charge in [-0.3, -0.25) is 9.59 Å². The summed E-state index contributed by atoms with van der Waals surface area (Å²) in [6.07, 6.45) is 0.0957. The van der Waals surface area contributed by atoms with Crippen LogP contribution in [0, 0.1) is 0 Å². The van der Waals surface area contributed by atoms with Crippen LogP contribution in [-0.2, 0) is 16.0 Å². The fraction of sp³-hybridized carbons (Fsp3) is 0.200. The third kappa shape index (κ3) is 3.56. The van der Waals surface area contributed by atoms with E-state index >= 15 is 0 Å². The van der Waals surface area contributed by atoms with Crippen molar-refractivity contribution in [3.8, 4) is 11.5 Å². The average Bonchev–Trinajstić information content (AvgIpc) is 2.93. The SMILES string of the molecule is O=C(O)[C@H]1c2ccccc2CC(=O)N(c2ccc3c(c2)OCCO3)[C@@H]1c1ccc(Cl)cc1. The molecule has 6 nitrogen and oxygen atoms in total. The second-order valence-corrected chi connectivity index (χ2v) is 8.22. The van der Waals surface area contributed by atoms with Crippen LogP contribution in [0.1, 0.15) is 28.7 Å². The van der Waals surface area contributed by atoms with E-state index in [1.54, 1.807) is 59.5 Å². The van der Waals surface area contributed by atoms with E-state index in [4.69, 9.17) is 21.1 Å². The normalized spacial score (nSPS) is 19.8. The Morgan fingerprint density at radius 2 is 1.69 bits per heavy atom. The number of nitrogens with zero attached hydrogens (tertiary/aromatic N) is 1. The summed E-state index contributed by atoms with van der Waals surface area (Å²) >= 11 is 6.10. The molecule has 0 saturated heterocycles. The van der Waals surface area contributed by atoms with Gasteiger partial charge in [0, 0.05) is 16.8 Å². The Hall–Kier alpha value is -3.51. The zero-order valence-corrected chi connectivity index (χ0v) is 17.8. The quantitative estimate of drug-likeness (QED) is 0.632. The Kier molecular flexibility index (Phi) is 5.23. The number of aliphatic carboxylic acids is 1.